The highest BCUT2D eigenvalue weighted by atomic mass is 16.6. The summed E-state index contributed by atoms with van der Waals surface area (Å²) in [4.78, 5) is 30.4. The Morgan fingerprint density at radius 1 is 1.27 bits per heavy atom. The van der Waals surface area contributed by atoms with Crippen LogP contribution < -0.4 is 0 Å². The molecule has 0 aliphatic rings. The van der Waals surface area contributed by atoms with E-state index in [4.69, 9.17) is 0 Å². The Balaban J connectivity index is 3.45. The van der Waals surface area contributed by atoms with E-state index in [1.54, 1.807) is 0 Å². The molecule has 0 fully saturated rings. The standard InChI is InChI=1S/C6H8O5/c1-10-5(8)2-3-6(9)11-4-7/h4H,2-3H2,1H3. The van der Waals surface area contributed by atoms with Crippen LogP contribution in [0, 0.1) is 0 Å². The highest BCUT2D eigenvalue weighted by molar-refractivity contribution is 5.80. The van der Waals surface area contributed by atoms with Gasteiger partial charge in [-0.25, -0.2) is 0 Å². The zero-order chi connectivity index (χ0) is 8.69. The van der Waals surface area contributed by atoms with Crippen LogP contribution in [0.1, 0.15) is 12.8 Å². The molecule has 0 rings (SSSR count). The summed E-state index contributed by atoms with van der Waals surface area (Å²) in [5.74, 6) is -1.24. The van der Waals surface area contributed by atoms with Crippen molar-refractivity contribution in [1.29, 1.82) is 0 Å². The maximum atomic E-state index is 10.4. The highest BCUT2D eigenvalue weighted by Crippen LogP contribution is 1.93. The Bertz CT molecular complexity index is 162. The van der Waals surface area contributed by atoms with E-state index in [1.807, 2.05) is 0 Å². The molecule has 11 heavy (non-hydrogen) atoms. The lowest BCUT2D eigenvalue weighted by molar-refractivity contribution is -0.154. The third-order valence-corrected chi connectivity index (χ3v) is 0.940. The van der Waals surface area contributed by atoms with E-state index < -0.39 is 11.9 Å². The molecule has 0 heterocycles. The van der Waals surface area contributed by atoms with E-state index in [0.29, 0.717) is 0 Å². The molecule has 0 aromatic rings. The van der Waals surface area contributed by atoms with Crippen molar-refractivity contribution in [2.75, 3.05) is 7.11 Å². The Kier molecular flexibility index (Phi) is 4.72. The number of hydrogen-bond donors (Lipinski definition) is 0. The van der Waals surface area contributed by atoms with Gasteiger partial charge in [0.15, 0.2) is 0 Å². The van der Waals surface area contributed by atoms with Crippen molar-refractivity contribution < 1.29 is 23.9 Å². The molecule has 0 aliphatic carbocycles. The predicted molar refractivity (Wildman–Crippen MR) is 33.4 cm³/mol. The number of carbonyl (C=O) groups is 3. The largest absolute Gasteiger partial charge is 0.469 e. The van der Waals surface area contributed by atoms with Crippen LogP contribution in [0.4, 0.5) is 0 Å². The zero-order valence-electron chi connectivity index (χ0n) is 6.03. The van der Waals surface area contributed by atoms with Crippen LogP contribution in [0.2, 0.25) is 0 Å². The summed E-state index contributed by atoms with van der Waals surface area (Å²) in [7, 11) is 1.22. The van der Waals surface area contributed by atoms with Crippen molar-refractivity contribution in [3.8, 4) is 0 Å². The van der Waals surface area contributed by atoms with Gasteiger partial charge in [0, 0.05) is 0 Å². The number of carbonyl (C=O) groups excluding carboxylic acids is 3. The molecule has 0 N–H and O–H groups in total. The highest BCUT2D eigenvalue weighted by Gasteiger charge is 2.06. The average molecular weight is 160 g/mol. The van der Waals surface area contributed by atoms with E-state index in [1.165, 1.54) is 7.11 Å². The second-order valence-corrected chi connectivity index (χ2v) is 1.66. The second-order valence-electron chi connectivity index (χ2n) is 1.66. The molecule has 0 saturated carbocycles. The van der Waals surface area contributed by atoms with E-state index in [0.717, 1.165) is 0 Å². The van der Waals surface area contributed by atoms with Crippen LogP contribution in [-0.4, -0.2) is 25.5 Å². The van der Waals surface area contributed by atoms with Gasteiger partial charge in [0.2, 0.25) is 0 Å². The molecule has 0 radical (unpaired) electrons. The van der Waals surface area contributed by atoms with Crippen molar-refractivity contribution in [3.05, 3.63) is 0 Å². The quantitative estimate of drug-likeness (QED) is 0.319. The van der Waals surface area contributed by atoms with Crippen molar-refractivity contribution in [2.45, 2.75) is 12.8 Å². The smallest absolute Gasteiger partial charge is 0.313 e. The minimum absolute atomic E-state index is 0.0274. The molecule has 0 aromatic carbocycles. The fourth-order valence-electron chi connectivity index (χ4n) is 0.419. The maximum Gasteiger partial charge on any atom is 0.313 e. The van der Waals surface area contributed by atoms with Gasteiger partial charge in [0.1, 0.15) is 0 Å². The van der Waals surface area contributed by atoms with Gasteiger partial charge in [0.25, 0.3) is 0 Å². The van der Waals surface area contributed by atoms with Crippen LogP contribution in [0.5, 0.6) is 0 Å². The molecule has 0 aliphatic heterocycles. The number of methoxy groups -OCH3 is 1. The van der Waals surface area contributed by atoms with Crippen LogP contribution in [0.25, 0.3) is 0 Å². The fraction of sp³-hybridized carbons (Fsp3) is 0.500. The molecule has 62 valence electrons. The summed E-state index contributed by atoms with van der Waals surface area (Å²) in [5, 5.41) is 0. The molecule has 0 spiro atoms. The first kappa shape index (κ1) is 9.61. The van der Waals surface area contributed by atoms with Crippen molar-refractivity contribution in [3.63, 3.8) is 0 Å². The molecule has 0 amide bonds. The van der Waals surface area contributed by atoms with Crippen molar-refractivity contribution in [2.24, 2.45) is 0 Å². The minimum atomic E-state index is -0.731. The summed E-state index contributed by atoms with van der Waals surface area (Å²) in [6, 6.07) is 0. The Morgan fingerprint density at radius 2 is 1.82 bits per heavy atom. The van der Waals surface area contributed by atoms with Gasteiger partial charge < -0.3 is 9.47 Å². The minimum Gasteiger partial charge on any atom is -0.469 e. The van der Waals surface area contributed by atoms with Gasteiger partial charge in [-0.15, -0.1) is 0 Å². The normalized spacial score (nSPS) is 8.45. The summed E-state index contributed by atoms with van der Waals surface area (Å²) in [6.07, 6.45) is -0.200. The number of ether oxygens (including phenoxy) is 2. The summed E-state index contributed by atoms with van der Waals surface area (Å²) in [5.41, 5.74) is 0. The Morgan fingerprint density at radius 3 is 2.27 bits per heavy atom. The molecule has 5 heteroatoms. The molecule has 0 bridgehead atoms. The van der Waals surface area contributed by atoms with Gasteiger partial charge >= 0.3 is 18.4 Å². The Labute approximate surface area is 63.3 Å². The lowest BCUT2D eigenvalue weighted by atomic mass is 10.3. The van der Waals surface area contributed by atoms with E-state index in [-0.39, 0.29) is 19.3 Å². The van der Waals surface area contributed by atoms with Crippen LogP contribution in [0.3, 0.4) is 0 Å². The SMILES string of the molecule is COC(=O)CCC(=O)OC=O. The predicted octanol–water partition coefficient (Wildman–Crippen LogP) is -0.361. The first-order chi connectivity index (χ1) is 5.20. The fourth-order valence-corrected chi connectivity index (χ4v) is 0.419. The van der Waals surface area contributed by atoms with Crippen LogP contribution in [0.15, 0.2) is 0 Å². The van der Waals surface area contributed by atoms with Crippen LogP contribution in [-0.2, 0) is 23.9 Å². The monoisotopic (exact) mass is 160 g/mol. The van der Waals surface area contributed by atoms with Gasteiger partial charge in [-0.1, -0.05) is 0 Å². The molecule has 0 aromatic heterocycles. The maximum absolute atomic E-state index is 10.4. The third kappa shape index (κ3) is 5.07. The number of esters is 2. The average Bonchev–Trinajstić information content (AvgIpc) is 2.01. The zero-order valence-corrected chi connectivity index (χ0v) is 6.03. The molecular formula is C6H8O5. The summed E-state index contributed by atoms with van der Waals surface area (Å²) >= 11 is 0. The van der Waals surface area contributed by atoms with Gasteiger partial charge in [-0.3, -0.25) is 14.4 Å². The van der Waals surface area contributed by atoms with Crippen molar-refractivity contribution in [1.82, 2.24) is 0 Å². The molecule has 0 unspecified atom stereocenters. The topological polar surface area (TPSA) is 69.7 Å². The van der Waals surface area contributed by atoms with Gasteiger partial charge in [-0.2, -0.15) is 0 Å². The lowest BCUT2D eigenvalue weighted by Crippen LogP contribution is -2.07. The van der Waals surface area contributed by atoms with E-state index >= 15 is 0 Å². The molecule has 0 atom stereocenters. The van der Waals surface area contributed by atoms with Gasteiger partial charge in [-0.05, 0) is 0 Å². The summed E-state index contributed by atoms with van der Waals surface area (Å²) < 4.78 is 8.15. The first-order valence-corrected chi connectivity index (χ1v) is 2.90. The van der Waals surface area contributed by atoms with Crippen molar-refractivity contribution >= 4 is 18.4 Å². The first-order valence-electron chi connectivity index (χ1n) is 2.90. The number of rotatable bonds is 4. The van der Waals surface area contributed by atoms with E-state index in [9.17, 15) is 14.4 Å². The molecule has 0 saturated heterocycles. The second kappa shape index (κ2) is 5.40. The molecule has 5 nitrogen and oxygen atoms in total. The number of hydrogen-bond acceptors (Lipinski definition) is 5. The molecular weight excluding hydrogens is 152 g/mol. The van der Waals surface area contributed by atoms with E-state index in [2.05, 4.69) is 9.47 Å². The van der Waals surface area contributed by atoms with Crippen LogP contribution >= 0.6 is 0 Å². The van der Waals surface area contributed by atoms with Gasteiger partial charge in [0.05, 0.1) is 20.0 Å². The Hall–Kier alpha value is -1.39. The lowest BCUT2D eigenvalue weighted by Gasteiger charge is -1.95. The third-order valence-electron chi connectivity index (χ3n) is 0.940. The summed E-state index contributed by atoms with van der Waals surface area (Å²) in [6.45, 7) is 0.0274.